The van der Waals surface area contributed by atoms with Gasteiger partial charge in [0.05, 0.1) is 12.2 Å². The Balaban J connectivity index is 2.40. The first-order valence-corrected chi connectivity index (χ1v) is 5.56. The number of carbonyl (C=O) groups is 1. The van der Waals surface area contributed by atoms with Crippen molar-refractivity contribution in [1.82, 2.24) is 20.0 Å². The van der Waals surface area contributed by atoms with E-state index in [1.807, 2.05) is 13.8 Å². The molecular weight excluding hydrogens is 236 g/mol. The lowest BCUT2D eigenvalue weighted by molar-refractivity contribution is 0.0688. The van der Waals surface area contributed by atoms with Gasteiger partial charge in [0, 0.05) is 0 Å². The first-order valence-electron chi connectivity index (χ1n) is 5.56. The van der Waals surface area contributed by atoms with E-state index in [1.165, 1.54) is 6.39 Å². The number of hydrogen-bond acceptors (Lipinski definition) is 5. The van der Waals surface area contributed by atoms with Crippen LogP contribution in [0.15, 0.2) is 10.8 Å². The van der Waals surface area contributed by atoms with Gasteiger partial charge in [-0.15, -0.1) is 5.10 Å². The zero-order valence-corrected chi connectivity index (χ0v) is 10.4. The highest BCUT2D eigenvalue weighted by molar-refractivity contribution is 5.86. The van der Waals surface area contributed by atoms with Gasteiger partial charge in [0.2, 0.25) is 0 Å². The van der Waals surface area contributed by atoms with Crippen molar-refractivity contribution >= 4 is 5.97 Å². The minimum atomic E-state index is -1.07. The van der Waals surface area contributed by atoms with Crippen molar-refractivity contribution in [3.63, 3.8) is 0 Å². The molecule has 2 heterocycles. The van der Waals surface area contributed by atoms with Gasteiger partial charge >= 0.3 is 5.97 Å². The summed E-state index contributed by atoms with van der Waals surface area (Å²) in [6.07, 6.45) is 1.36. The summed E-state index contributed by atoms with van der Waals surface area (Å²) in [6, 6.07) is 0. The highest BCUT2D eigenvalue weighted by atomic mass is 16.4. The quantitative estimate of drug-likeness (QED) is 0.882. The van der Waals surface area contributed by atoms with E-state index in [1.54, 1.807) is 11.6 Å². The summed E-state index contributed by atoms with van der Waals surface area (Å²) in [5.41, 5.74) is 1.30. The van der Waals surface area contributed by atoms with Crippen LogP contribution in [0.4, 0.5) is 0 Å². The molecule has 96 valence electrons. The van der Waals surface area contributed by atoms with Crippen LogP contribution >= 0.6 is 0 Å². The van der Waals surface area contributed by atoms with Crippen molar-refractivity contribution in [1.29, 1.82) is 0 Å². The predicted octanol–water partition coefficient (Wildman–Crippen LogP) is 1.44. The van der Waals surface area contributed by atoms with E-state index in [4.69, 9.17) is 9.52 Å². The topological polar surface area (TPSA) is 94.0 Å². The Bertz CT molecular complexity index is 571. The molecule has 7 nitrogen and oxygen atoms in total. The van der Waals surface area contributed by atoms with Crippen LogP contribution in [-0.2, 0) is 6.54 Å². The summed E-state index contributed by atoms with van der Waals surface area (Å²) in [4.78, 5) is 15.1. The van der Waals surface area contributed by atoms with Crippen molar-refractivity contribution in [3.8, 4) is 0 Å². The maximum Gasteiger partial charge on any atom is 0.358 e. The summed E-state index contributed by atoms with van der Waals surface area (Å²) < 4.78 is 6.66. The number of carboxylic acids is 1. The van der Waals surface area contributed by atoms with E-state index in [9.17, 15) is 4.79 Å². The van der Waals surface area contributed by atoms with Crippen LogP contribution in [0.3, 0.4) is 0 Å². The highest BCUT2D eigenvalue weighted by Gasteiger charge is 2.22. The smallest absolute Gasteiger partial charge is 0.358 e. The SMILES string of the molecule is Cc1ocnc1Cn1nnc(C(=O)O)c1C(C)C. The molecule has 0 fully saturated rings. The summed E-state index contributed by atoms with van der Waals surface area (Å²) in [5, 5.41) is 16.6. The second-order valence-electron chi connectivity index (χ2n) is 4.30. The van der Waals surface area contributed by atoms with Crippen LogP contribution in [0, 0.1) is 6.92 Å². The predicted molar refractivity (Wildman–Crippen MR) is 61.4 cm³/mol. The van der Waals surface area contributed by atoms with Gasteiger partial charge in [-0.1, -0.05) is 19.1 Å². The third-order valence-electron chi connectivity index (χ3n) is 2.67. The number of oxazole rings is 1. The van der Waals surface area contributed by atoms with Crippen LogP contribution in [0.2, 0.25) is 0 Å². The summed E-state index contributed by atoms with van der Waals surface area (Å²) in [5.74, 6) is -0.364. The second-order valence-corrected chi connectivity index (χ2v) is 4.30. The molecule has 18 heavy (non-hydrogen) atoms. The van der Waals surface area contributed by atoms with Gasteiger partial charge in [-0.25, -0.2) is 14.5 Å². The van der Waals surface area contributed by atoms with Gasteiger partial charge in [-0.3, -0.25) is 0 Å². The second kappa shape index (κ2) is 4.59. The molecule has 7 heteroatoms. The standard InChI is InChI=1S/C11H14N4O3/c1-6(2)10-9(11(16)17)13-14-15(10)4-8-7(3)18-5-12-8/h5-6H,4H2,1-3H3,(H,16,17). The summed E-state index contributed by atoms with van der Waals surface area (Å²) in [6.45, 7) is 5.96. The third kappa shape index (κ3) is 2.11. The highest BCUT2D eigenvalue weighted by Crippen LogP contribution is 2.19. The first kappa shape index (κ1) is 12.3. The van der Waals surface area contributed by atoms with Gasteiger partial charge in [0.15, 0.2) is 12.1 Å². The number of nitrogens with zero attached hydrogens (tertiary/aromatic N) is 4. The minimum Gasteiger partial charge on any atom is -0.476 e. The van der Waals surface area contributed by atoms with E-state index in [0.717, 1.165) is 5.69 Å². The monoisotopic (exact) mass is 250 g/mol. The molecule has 0 atom stereocenters. The van der Waals surface area contributed by atoms with Crippen molar-refractivity contribution in [2.24, 2.45) is 0 Å². The molecule has 0 bridgehead atoms. The number of hydrogen-bond donors (Lipinski definition) is 1. The Morgan fingerprint density at radius 1 is 1.56 bits per heavy atom. The molecule has 2 aromatic heterocycles. The van der Waals surface area contributed by atoms with Crippen LogP contribution in [-0.4, -0.2) is 31.1 Å². The van der Waals surface area contributed by atoms with E-state index < -0.39 is 5.97 Å². The molecule has 2 aromatic rings. The molecule has 0 saturated heterocycles. The molecular formula is C11H14N4O3. The molecule has 0 aliphatic rings. The maximum atomic E-state index is 11.1. The van der Waals surface area contributed by atoms with Gasteiger partial charge in [-0.05, 0) is 12.8 Å². The molecule has 0 aromatic carbocycles. The number of aromatic carboxylic acids is 1. The number of carboxylic acid groups (broad SMARTS) is 1. The summed E-state index contributed by atoms with van der Waals surface area (Å²) >= 11 is 0. The molecule has 0 unspecified atom stereocenters. The average molecular weight is 250 g/mol. The van der Waals surface area contributed by atoms with E-state index in [-0.39, 0.29) is 11.6 Å². The van der Waals surface area contributed by atoms with E-state index >= 15 is 0 Å². The number of aromatic nitrogens is 4. The summed E-state index contributed by atoms with van der Waals surface area (Å²) in [7, 11) is 0. The van der Waals surface area contributed by atoms with Crippen molar-refractivity contribution in [3.05, 3.63) is 29.2 Å². The first-order chi connectivity index (χ1) is 8.50. The van der Waals surface area contributed by atoms with Crippen LogP contribution in [0.5, 0.6) is 0 Å². The molecule has 0 spiro atoms. The van der Waals surface area contributed by atoms with Crippen molar-refractivity contribution in [2.75, 3.05) is 0 Å². The number of rotatable bonds is 4. The molecule has 2 rings (SSSR count). The van der Waals surface area contributed by atoms with E-state index in [0.29, 0.717) is 18.0 Å². The fraction of sp³-hybridized carbons (Fsp3) is 0.455. The van der Waals surface area contributed by atoms with Gasteiger partial charge in [0.1, 0.15) is 11.5 Å². The van der Waals surface area contributed by atoms with Gasteiger partial charge in [-0.2, -0.15) is 0 Å². The zero-order chi connectivity index (χ0) is 13.3. The lowest BCUT2D eigenvalue weighted by Gasteiger charge is -2.08. The fourth-order valence-corrected chi connectivity index (χ4v) is 1.78. The van der Waals surface area contributed by atoms with Crippen LogP contribution in [0.1, 0.15) is 47.4 Å². The molecule has 0 amide bonds. The van der Waals surface area contributed by atoms with Crippen molar-refractivity contribution < 1.29 is 14.3 Å². The molecule has 0 aliphatic heterocycles. The fourth-order valence-electron chi connectivity index (χ4n) is 1.78. The number of aryl methyl sites for hydroxylation is 1. The average Bonchev–Trinajstić information content (AvgIpc) is 2.86. The van der Waals surface area contributed by atoms with Crippen LogP contribution < -0.4 is 0 Å². The largest absolute Gasteiger partial charge is 0.476 e. The normalized spacial score (nSPS) is 11.1. The lowest BCUT2D eigenvalue weighted by Crippen LogP contribution is -2.11. The molecule has 1 N–H and O–H groups in total. The molecule has 0 saturated carbocycles. The van der Waals surface area contributed by atoms with Gasteiger partial charge < -0.3 is 9.52 Å². The van der Waals surface area contributed by atoms with E-state index in [2.05, 4.69) is 15.3 Å². The molecule has 0 aliphatic carbocycles. The zero-order valence-electron chi connectivity index (χ0n) is 10.4. The Morgan fingerprint density at radius 3 is 2.78 bits per heavy atom. The lowest BCUT2D eigenvalue weighted by atomic mass is 10.1. The Kier molecular flexibility index (Phi) is 3.14. The van der Waals surface area contributed by atoms with Crippen molar-refractivity contribution in [2.45, 2.75) is 33.2 Å². The Morgan fingerprint density at radius 2 is 2.28 bits per heavy atom. The Hall–Kier alpha value is -2.18. The van der Waals surface area contributed by atoms with Gasteiger partial charge in [0.25, 0.3) is 0 Å². The van der Waals surface area contributed by atoms with Crippen LogP contribution in [0.25, 0.3) is 0 Å². The third-order valence-corrected chi connectivity index (χ3v) is 2.67. The Labute approximate surface area is 103 Å². The minimum absolute atomic E-state index is 0.00820. The maximum absolute atomic E-state index is 11.1. The molecule has 0 radical (unpaired) electrons.